The summed E-state index contributed by atoms with van der Waals surface area (Å²) in [5, 5.41) is 11.5. The summed E-state index contributed by atoms with van der Waals surface area (Å²) in [6.45, 7) is 7.01. The topological polar surface area (TPSA) is 101 Å². The minimum atomic E-state index is -0.228. The lowest BCUT2D eigenvalue weighted by Gasteiger charge is -2.34. The Morgan fingerprint density at radius 3 is 2.79 bits per heavy atom. The third kappa shape index (κ3) is 5.60. The van der Waals surface area contributed by atoms with Gasteiger partial charge in [-0.25, -0.2) is 4.99 Å². The zero-order chi connectivity index (χ0) is 16.8. The fourth-order valence-electron chi connectivity index (χ4n) is 2.87. The predicted octanol–water partition coefficient (Wildman–Crippen LogP) is 0.794. The van der Waals surface area contributed by atoms with Gasteiger partial charge in [0.2, 0.25) is 5.91 Å². The number of likely N-dealkylation sites (tertiary alicyclic amines) is 1. The Labute approximate surface area is 160 Å². The number of aliphatic imine (C=N–C) groups is 1. The summed E-state index contributed by atoms with van der Waals surface area (Å²) in [4.78, 5) is 18.1. The highest BCUT2D eigenvalue weighted by Crippen LogP contribution is 2.19. The average molecular weight is 449 g/mol. The summed E-state index contributed by atoms with van der Waals surface area (Å²) in [5.41, 5.74) is 5.34. The van der Waals surface area contributed by atoms with Gasteiger partial charge in [-0.15, -0.1) is 34.2 Å². The van der Waals surface area contributed by atoms with Gasteiger partial charge in [0.25, 0.3) is 0 Å². The number of hydrogen-bond acceptors (Lipinski definition) is 4. The van der Waals surface area contributed by atoms with Crippen LogP contribution >= 0.6 is 24.0 Å². The highest BCUT2D eigenvalue weighted by molar-refractivity contribution is 14.0. The number of nitrogens with two attached hydrogens (primary N) is 1. The number of piperidine rings is 1. The van der Waals surface area contributed by atoms with E-state index < -0.39 is 0 Å². The first-order chi connectivity index (χ1) is 11.0. The molecular formula is C15H28IN7O. The van der Waals surface area contributed by atoms with E-state index in [2.05, 4.69) is 25.4 Å². The van der Waals surface area contributed by atoms with Crippen molar-refractivity contribution in [3.63, 3.8) is 0 Å². The fourth-order valence-corrected chi connectivity index (χ4v) is 2.87. The Kier molecular flexibility index (Phi) is 8.43. The number of rotatable bonds is 5. The molecule has 1 unspecified atom stereocenters. The zero-order valence-corrected chi connectivity index (χ0v) is 17.0. The van der Waals surface area contributed by atoms with Crippen LogP contribution in [0.15, 0.2) is 4.99 Å². The van der Waals surface area contributed by atoms with E-state index in [1.54, 1.807) is 0 Å². The first-order valence-electron chi connectivity index (χ1n) is 8.17. The van der Waals surface area contributed by atoms with E-state index in [9.17, 15) is 4.79 Å². The number of aryl methyl sites for hydroxylation is 1. The molecule has 24 heavy (non-hydrogen) atoms. The van der Waals surface area contributed by atoms with Crippen LogP contribution in [0, 0.1) is 12.8 Å². The molecule has 1 atom stereocenters. The number of nitrogens with one attached hydrogen (secondary N) is 1. The Balaban J connectivity index is 0.00000288. The van der Waals surface area contributed by atoms with Crippen molar-refractivity contribution >= 4 is 35.8 Å². The van der Waals surface area contributed by atoms with E-state index in [-0.39, 0.29) is 29.9 Å². The summed E-state index contributed by atoms with van der Waals surface area (Å²) in [6, 6.07) is 0. The van der Waals surface area contributed by atoms with Crippen LogP contribution in [0.25, 0.3) is 0 Å². The molecule has 9 heteroatoms. The van der Waals surface area contributed by atoms with Crippen molar-refractivity contribution in [2.45, 2.75) is 39.7 Å². The number of nitrogens with zero attached hydrogens (tertiary/aromatic N) is 5. The highest BCUT2D eigenvalue weighted by Gasteiger charge is 2.23. The number of guanidine groups is 1. The van der Waals surface area contributed by atoms with Crippen molar-refractivity contribution in [1.82, 2.24) is 25.0 Å². The van der Waals surface area contributed by atoms with Crippen molar-refractivity contribution < 1.29 is 4.79 Å². The van der Waals surface area contributed by atoms with Gasteiger partial charge in [0.05, 0.1) is 0 Å². The molecule has 1 aliphatic rings. The maximum atomic E-state index is 11.2. The van der Waals surface area contributed by atoms with Crippen molar-refractivity contribution in [2.24, 2.45) is 23.7 Å². The van der Waals surface area contributed by atoms with Crippen LogP contribution in [-0.2, 0) is 18.4 Å². The van der Waals surface area contributed by atoms with Gasteiger partial charge in [0.15, 0.2) is 11.8 Å². The second-order valence-corrected chi connectivity index (χ2v) is 6.02. The van der Waals surface area contributed by atoms with E-state index in [0.29, 0.717) is 18.9 Å². The van der Waals surface area contributed by atoms with Crippen molar-refractivity contribution in [1.29, 1.82) is 0 Å². The van der Waals surface area contributed by atoms with E-state index in [1.165, 1.54) is 0 Å². The molecule has 0 spiro atoms. The number of hydrogen-bond donors (Lipinski definition) is 2. The minimum absolute atomic E-state index is 0. The number of aromatic nitrogens is 3. The zero-order valence-electron chi connectivity index (χ0n) is 14.7. The SMILES string of the molecule is CCNC(=NCc1nnc(C)n1C)N1CCCC(CC(N)=O)C1.I. The van der Waals surface area contributed by atoms with Gasteiger partial charge in [0, 0.05) is 33.1 Å². The molecule has 3 N–H and O–H groups in total. The Hall–Kier alpha value is -1.39. The van der Waals surface area contributed by atoms with E-state index >= 15 is 0 Å². The predicted molar refractivity (Wildman–Crippen MR) is 104 cm³/mol. The number of amides is 1. The van der Waals surface area contributed by atoms with Crippen LogP contribution < -0.4 is 11.1 Å². The molecule has 8 nitrogen and oxygen atoms in total. The monoisotopic (exact) mass is 449 g/mol. The molecule has 0 radical (unpaired) electrons. The van der Waals surface area contributed by atoms with Crippen LogP contribution in [0.5, 0.6) is 0 Å². The fraction of sp³-hybridized carbons (Fsp3) is 0.733. The first kappa shape index (κ1) is 20.7. The number of halogens is 1. The average Bonchev–Trinajstić information content (AvgIpc) is 2.83. The van der Waals surface area contributed by atoms with Gasteiger partial charge < -0.3 is 20.5 Å². The van der Waals surface area contributed by atoms with Gasteiger partial charge >= 0.3 is 0 Å². The molecule has 1 aliphatic heterocycles. The van der Waals surface area contributed by atoms with Crippen LogP contribution in [-0.4, -0.2) is 51.2 Å². The van der Waals surface area contributed by atoms with Crippen LogP contribution in [0.3, 0.4) is 0 Å². The molecule has 1 aromatic rings. The second kappa shape index (κ2) is 9.80. The van der Waals surface area contributed by atoms with Gasteiger partial charge in [-0.1, -0.05) is 0 Å². The van der Waals surface area contributed by atoms with Crippen molar-refractivity contribution in [3.05, 3.63) is 11.6 Å². The summed E-state index contributed by atoms with van der Waals surface area (Å²) in [5.74, 6) is 2.65. The molecule has 1 amide bonds. The summed E-state index contributed by atoms with van der Waals surface area (Å²) in [6.07, 6.45) is 2.53. The number of carbonyl (C=O) groups excluding carboxylic acids is 1. The third-order valence-electron chi connectivity index (χ3n) is 4.20. The molecule has 136 valence electrons. The number of carbonyl (C=O) groups is 1. The molecule has 1 saturated heterocycles. The molecule has 2 heterocycles. The molecule has 2 rings (SSSR count). The maximum Gasteiger partial charge on any atom is 0.217 e. The van der Waals surface area contributed by atoms with E-state index in [4.69, 9.17) is 5.73 Å². The molecule has 0 aliphatic carbocycles. The van der Waals surface area contributed by atoms with Crippen LogP contribution in [0.4, 0.5) is 0 Å². The van der Waals surface area contributed by atoms with Gasteiger partial charge in [0.1, 0.15) is 12.4 Å². The highest BCUT2D eigenvalue weighted by atomic mass is 127. The molecule has 0 bridgehead atoms. The third-order valence-corrected chi connectivity index (χ3v) is 4.20. The Morgan fingerprint density at radius 1 is 1.46 bits per heavy atom. The largest absolute Gasteiger partial charge is 0.370 e. The quantitative estimate of drug-likeness (QED) is 0.394. The molecule has 0 aromatic carbocycles. The van der Waals surface area contributed by atoms with Crippen LogP contribution in [0.1, 0.15) is 37.8 Å². The van der Waals surface area contributed by atoms with E-state index in [1.807, 2.05) is 25.5 Å². The summed E-state index contributed by atoms with van der Waals surface area (Å²) >= 11 is 0. The lowest BCUT2D eigenvalue weighted by atomic mass is 9.95. The van der Waals surface area contributed by atoms with Gasteiger partial charge in [-0.05, 0) is 32.6 Å². The Morgan fingerprint density at radius 2 is 2.21 bits per heavy atom. The van der Waals surface area contributed by atoms with Crippen molar-refractivity contribution in [2.75, 3.05) is 19.6 Å². The smallest absolute Gasteiger partial charge is 0.217 e. The molecular weight excluding hydrogens is 421 g/mol. The van der Waals surface area contributed by atoms with Crippen molar-refractivity contribution in [3.8, 4) is 0 Å². The summed E-state index contributed by atoms with van der Waals surface area (Å²) in [7, 11) is 1.94. The molecule has 0 saturated carbocycles. The standard InChI is InChI=1S/C15H27N7O.HI/c1-4-17-15(18-9-14-20-19-11(2)21(14)3)22-7-5-6-12(10-22)8-13(16)23;/h12H,4-10H2,1-3H3,(H2,16,23)(H,17,18);1H. The lowest BCUT2D eigenvalue weighted by Crippen LogP contribution is -2.47. The summed E-state index contributed by atoms with van der Waals surface area (Å²) < 4.78 is 1.94. The Bertz CT molecular complexity index is 572. The van der Waals surface area contributed by atoms with Gasteiger partial charge in [-0.3, -0.25) is 4.79 Å². The lowest BCUT2D eigenvalue weighted by molar-refractivity contribution is -0.119. The normalized spacial score (nSPS) is 18.2. The second-order valence-electron chi connectivity index (χ2n) is 6.02. The molecule has 1 aromatic heterocycles. The van der Waals surface area contributed by atoms with Crippen LogP contribution in [0.2, 0.25) is 0 Å². The van der Waals surface area contributed by atoms with Gasteiger partial charge in [-0.2, -0.15) is 0 Å². The first-order valence-corrected chi connectivity index (χ1v) is 8.17. The molecule has 1 fully saturated rings. The maximum absolute atomic E-state index is 11.2. The van der Waals surface area contributed by atoms with E-state index in [0.717, 1.165) is 50.1 Å². The minimum Gasteiger partial charge on any atom is -0.370 e. The number of primary amides is 1.